The maximum Gasteiger partial charge on any atom is 0.408 e. The summed E-state index contributed by atoms with van der Waals surface area (Å²) in [5.41, 5.74) is 7.81. The normalized spacial score (nSPS) is 11.4. The number of nitrogens with two attached hydrogens (primary N) is 1. The minimum Gasteiger partial charge on any atom is -0.467 e. The number of alkyl carbamates (subject to hydrolysis) is 1. The van der Waals surface area contributed by atoms with E-state index in [-0.39, 0.29) is 13.0 Å². The summed E-state index contributed by atoms with van der Waals surface area (Å²) >= 11 is 0. The lowest BCUT2D eigenvalue weighted by Gasteiger charge is -2.17. The van der Waals surface area contributed by atoms with Gasteiger partial charge in [-0.15, -0.1) is 0 Å². The Balaban J connectivity index is 1.97. The van der Waals surface area contributed by atoms with Crippen molar-refractivity contribution in [1.82, 2.24) is 10.3 Å². The van der Waals surface area contributed by atoms with Crippen molar-refractivity contribution in [3.63, 3.8) is 0 Å². The third-order valence-electron chi connectivity index (χ3n) is 3.36. The Bertz CT molecular complexity index is 691. The summed E-state index contributed by atoms with van der Waals surface area (Å²) in [7, 11) is 1.25. The first-order chi connectivity index (χ1) is 11.6. The maximum absolute atomic E-state index is 11.9. The summed E-state index contributed by atoms with van der Waals surface area (Å²) in [4.78, 5) is 27.8. The van der Waals surface area contributed by atoms with Crippen LogP contribution in [0, 0.1) is 0 Å². The molecule has 0 saturated heterocycles. The van der Waals surface area contributed by atoms with Gasteiger partial charge in [-0.1, -0.05) is 30.3 Å². The first-order valence-electron chi connectivity index (χ1n) is 7.33. The van der Waals surface area contributed by atoms with Crippen LogP contribution < -0.4 is 11.1 Å². The number of methoxy groups -OCH3 is 1. The van der Waals surface area contributed by atoms with Crippen molar-refractivity contribution in [2.75, 3.05) is 12.8 Å². The van der Waals surface area contributed by atoms with E-state index >= 15 is 0 Å². The van der Waals surface area contributed by atoms with Crippen LogP contribution in [0.3, 0.4) is 0 Å². The molecule has 0 aliphatic rings. The van der Waals surface area contributed by atoms with Gasteiger partial charge < -0.3 is 20.5 Å². The topological polar surface area (TPSA) is 104 Å². The molecule has 2 rings (SSSR count). The summed E-state index contributed by atoms with van der Waals surface area (Å²) in [5, 5.41) is 2.49. The molecule has 24 heavy (non-hydrogen) atoms. The van der Waals surface area contributed by atoms with Crippen LogP contribution in [0.5, 0.6) is 0 Å². The number of pyridine rings is 1. The molecule has 2 aromatic rings. The van der Waals surface area contributed by atoms with Crippen molar-refractivity contribution in [2.24, 2.45) is 0 Å². The number of aromatic nitrogens is 1. The average Bonchev–Trinajstić information content (AvgIpc) is 2.61. The minimum absolute atomic E-state index is 0.107. The highest BCUT2D eigenvalue weighted by Gasteiger charge is 2.23. The van der Waals surface area contributed by atoms with E-state index in [1.165, 1.54) is 7.11 Å². The van der Waals surface area contributed by atoms with Crippen molar-refractivity contribution in [2.45, 2.75) is 19.1 Å². The van der Waals surface area contributed by atoms with E-state index in [1.54, 1.807) is 18.5 Å². The Hall–Kier alpha value is -3.09. The fraction of sp³-hybridized carbons (Fsp3) is 0.235. The molecule has 1 aromatic heterocycles. The second kappa shape index (κ2) is 8.52. The van der Waals surface area contributed by atoms with Crippen molar-refractivity contribution in [3.05, 3.63) is 59.9 Å². The summed E-state index contributed by atoms with van der Waals surface area (Å²) in [6.45, 7) is 0.107. The Morgan fingerprint density at radius 1 is 1.25 bits per heavy atom. The second-order valence-corrected chi connectivity index (χ2v) is 5.06. The lowest BCUT2D eigenvalue weighted by atomic mass is 10.1. The zero-order chi connectivity index (χ0) is 17.4. The van der Waals surface area contributed by atoms with Crippen LogP contribution in [0.4, 0.5) is 10.5 Å². The quantitative estimate of drug-likeness (QED) is 0.781. The highest BCUT2D eigenvalue weighted by molar-refractivity contribution is 5.81. The van der Waals surface area contributed by atoms with Gasteiger partial charge in [0, 0.05) is 24.5 Å². The van der Waals surface area contributed by atoms with Crippen LogP contribution in [0.25, 0.3) is 0 Å². The molecule has 1 amide bonds. The number of nitrogen functional groups attached to an aromatic ring is 1. The standard InChI is InChI=1S/C17H19N3O4/c1-23-16(21)15(9-13-10-19-8-7-14(13)18)20-17(22)24-11-12-5-3-2-4-6-12/h2-8,10,15H,9,11H2,1H3,(H2,18,19)(H,20,22). The van der Waals surface area contributed by atoms with E-state index < -0.39 is 18.1 Å². The number of hydrogen-bond acceptors (Lipinski definition) is 6. The Labute approximate surface area is 139 Å². The number of nitrogens with one attached hydrogen (secondary N) is 1. The molecule has 126 valence electrons. The molecule has 0 spiro atoms. The number of anilines is 1. The smallest absolute Gasteiger partial charge is 0.408 e. The molecule has 0 radical (unpaired) electrons. The number of nitrogens with zero attached hydrogens (tertiary/aromatic N) is 1. The number of amides is 1. The van der Waals surface area contributed by atoms with Crippen molar-refractivity contribution in [1.29, 1.82) is 0 Å². The number of benzene rings is 1. The number of hydrogen-bond donors (Lipinski definition) is 2. The first-order valence-corrected chi connectivity index (χ1v) is 7.33. The van der Waals surface area contributed by atoms with Gasteiger partial charge in [0.15, 0.2) is 0 Å². The molecule has 7 nitrogen and oxygen atoms in total. The molecule has 0 saturated carbocycles. The fourth-order valence-electron chi connectivity index (χ4n) is 2.07. The van der Waals surface area contributed by atoms with Gasteiger partial charge in [-0.3, -0.25) is 4.98 Å². The molecule has 0 fully saturated rings. The fourth-order valence-corrected chi connectivity index (χ4v) is 2.07. The van der Waals surface area contributed by atoms with Crippen LogP contribution in [-0.4, -0.2) is 30.2 Å². The molecule has 3 N–H and O–H groups in total. The zero-order valence-corrected chi connectivity index (χ0v) is 13.3. The Kier molecular flexibility index (Phi) is 6.13. The molecule has 1 aromatic carbocycles. The summed E-state index contributed by atoms with van der Waals surface area (Å²) in [6.07, 6.45) is 2.54. The Morgan fingerprint density at radius 2 is 2.00 bits per heavy atom. The van der Waals surface area contributed by atoms with Crippen LogP contribution >= 0.6 is 0 Å². The van der Waals surface area contributed by atoms with E-state index in [9.17, 15) is 9.59 Å². The van der Waals surface area contributed by atoms with Gasteiger partial charge in [0.2, 0.25) is 0 Å². The molecular weight excluding hydrogens is 310 g/mol. The average molecular weight is 329 g/mol. The van der Waals surface area contributed by atoms with Crippen LogP contribution in [0.2, 0.25) is 0 Å². The molecule has 0 aliphatic heterocycles. The van der Waals surface area contributed by atoms with Gasteiger partial charge in [0.05, 0.1) is 7.11 Å². The van der Waals surface area contributed by atoms with E-state index in [1.807, 2.05) is 30.3 Å². The van der Waals surface area contributed by atoms with Gasteiger partial charge in [-0.05, 0) is 17.2 Å². The van der Waals surface area contributed by atoms with E-state index in [0.717, 1.165) is 5.56 Å². The highest BCUT2D eigenvalue weighted by Crippen LogP contribution is 2.12. The summed E-state index contributed by atoms with van der Waals surface area (Å²) in [6, 6.07) is 9.94. The van der Waals surface area contributed by atoms with Gasteiger partial charge in [-0.2, -0.15) is 0 Å². The molecular formula is C17H19N3O4. The minimum atomic E-state index is -0.912. The Morgan fingerprint density at radius 3 is 2.67 bits per heavy atom. The monoisotopic (exact) mass is 329 g/mol. The molecule has 1 unspecified atom stereocenters. The van der Waals surface area contributed by atoms with Gasteiger partial charge >= 0.3 is 12.1 Å². The van der Waals surface area contributed by atoms with Gasteiger partial charge in [0.25, 0.3) is 0 Å². The lowest BCUT2D eigenvalue weighted by Crippen LogP contribution is -2.43. The van der Waals surface area contributed by atoms with E-state index in [0.29, 0.717) is 11.3 Å². The molecule has 1 atom stereocenters. The molecule has 1 heterocycles. The molecule has 7 heteroatoms. The highest BCUT2D eigenvalue weighted by atomic mass is 16.6. The predicted molar refractivity (Wildman–Crippen MR) is 87.9 cm³/mol. The third-order valence-corrected chi connectivity index (χ3v) is 3.36. The number of ether oxygens (including phenoxy) is 2. The number of rotatable bonds is 6. The number of esters is 1. The SMILES string of the molecule is COC(=O)C(Cc1cnccc1N)NC(=O)OCc1ccccc1. The summed E-state index contributed by atoms with van der Waals surface area (Å²) < 4.78 is 9.83. The van der Waals surface area contributed by atoms with Crippen LogP contribution in [0.1, 0.15) is 11.1 Å². The predicted octanol–water partition coefficient (Wildman–Crippen LogP) is 1.67. The largest absolute Gasteiger partial charge is 0.467 e. The molecule has 0 bridgehead atoms. The number of carbonyl (C=O) groups excluding carboxylic acids is 2. The number of carbonyl (C=O) groups is 2. The third kappa shape index (κ3) is 4.98. The van der Waals surface area contributed by atoms with E-state index in [2.05, 4.69) is 10.3 Å². The van der Waals surface area contributed by atoms with Crippen molar-refractivity contribution >= 4 is 17.7 Å². The first kappa shape index (κ1) is 17.3. The van der Waals surface area contributed by atoms with Crippen LogP contribution in [-0.2, 0) is 27.3 Å². The van der Waals surface area contributed by atoms with Crippen molar-refractivity contribution in [3.8, 4) is 0 Å². The maximum atomic E-state index is 11.9. The second-order valence-electron chi connectivity index (χ2n) is 5.06. The van der Waals surface area contributed by atoms with Gasteiger partial charge in [0.1, 0.15) is 12.6 Å². The van der Waals surface area contributed by atoms with E-state index in [4.69, 9.17) is 15.2 Å². The lowest BCUT2D eigenvalue weighted by molar-refractivity contribution is -0.143. The molecule has 0 aliphatic carbocycles. The zero-order valence-electron chi connectivity index (χ0n) is 13.3. The summed E-state index contributed by atoms with van der Waals surface area (Å²) in [5.74, 6) is -0.588. The van der Waals surface area contributed by atoms with Gasteiger partial charge in [-0.25, -0.2) is 9.59 Å². The van der Waals surface area contributed by atoms with Crippen LogP contribution in [0.15, 0.2) is 48.8 Å². The van der Waals surface area contributed by atoms with Crippen molar-refractivity contribution < 1.29 is 19.1 Å².